The van der Waals surface area contributed by atoms with Gasteiger partial charge in [-0.15, -0.1) is 0 Å². The van der Waals surface area contributed by atoms with Gasteiger partial charge in [-0.3, -0.25) is 4.79 Å². The highest BCUT2D eigenvalue weighted by atomic mass is 16.5. The fourth-order valence-electron chi connectivity index (χ4n) is 2.78. The highest BCUT2D eigenvalue weighted by molar-refractivity contribution is 6.02. The van der Waals surface area contributed by atoms with E-state index < -0.39 is 0 Å². The Balaban J connectivity index is 1.60. The number of carbonyl (C=O) groups excluding carboxylic acids is 1. The number of hydrogen-bond acceptors (Lipinski definition) is 4. The highest BCUT2D eigenvalue weighted by Crippen LogP contribution is 2.18. The Kier molecular flexibility index (Phi) is 6.27. The maximum absolute atomic E-state index is 12.4. The minimum Gasteiger partial charge on any atom is -0.491 e. The highest BCUT2D eigenvalue weighted by Gasteiger charge is 2.10. The summed E-state index contributed by atoms with van der Waals surface area (Å²) in [7, 11) is 2.00. The lowest BCUT2D eigenvalue weighted by atomic mass is 10.2. The first-order valence-electron chi connectivity index (χ1n) is 9.30. The van der Waals surface area contributed by atoms with Gasteiger partial charge in [0.15, 0.2) is 0 Å². The molecule has 28 heavy (non-hydrogen) atoms. The van der Waals surface area contributed by atoms with E-state index in [0.29, 0.717) is 11.4 Å². The van der Waals surface area contributed by atoms with Crippen LogP contribution in [0.5, 0.6) is 5.75 Å². The third-order valence-electron chi connectivity index (χ3n) is 4.17. The zero-order chi connectivity index (χ0) is 19.9. The summed E-state index contributed by atoms with van der Waals surface area (Å²) in [6, 6.07) is 21.2. The molecular formula is C23H25N3O2. The number of nitrogens with zero attached hydrogens (tertiary/aromatic N) is 2. The van der Waals surface area contributed by atoms with Gasteiger partial charge in [0.1, 0.15) is 11.4 Å². The zero-order valence-corrected chi connectivity index (χ0v) is 16.4. The summed E-state index contributed by atoms with van der Waals surface area (Å²) >= 11 is 0. The fourth-order valence-corrected chi connectivity index (χ4v) is 2.78. The van der Waals surface area contributed by atoms with Crippen molar-refractivity contribution in [2.75, 3.05) is 17.3 Å². The molecule has 0 radical (unpaired) electrons. The maximum atomic E-state index is 12.4. The fraction of sp³-hybridized carbons (Fsp3) is 0.217. The van der Waals surface area contributed by atoms with Crippen LogP contribution in [0.3, 0.4) is 0 Å². The third-order valence-corrected chi connectivity index (χ3v) is 4.17. The van der Waals surface area contributed by atoms with Crippen molar-refractivity contribution >= 4 is 17.3 Å². The molecule has 1 aromatic heterocycles. The molecule has 3 rings (SSSR count). The largest absolute Gasteiger partial charge is 0.491 e. The third kappa shape index (κ3) is 5.33. The summed E-state index contributed by atoms with van der Waals surface area (Å²) in [5.41, 5.74) is 3.25. The lowest BCUT2D eigenvalue weighted by molar-refractivity contribution is 0.102. The number of nitrogens with one attached hydrogen (secondary N) is 1. The Morgan fingerprint density at radius 1 is 1.04 bits per heavy atom. The van der Waals surface area contributed by atoms with Crippen LogP contribution in [0.2, 0.25) is 0 Å². The molecule has 5 heteroatoms. The number of hydrogen-bond donors (Lipinski definition) is 1. The van der Waals surface area contributed by atoms with Gasteiger partial charge in [0.05, 0.1) is 18.0 Å². The van der Waals surface area contributed by atoms with Crippen molar-refractivity contribution in [3.63, 3.8) is 0 Å². The van der Waals surface area contributed by atoms with E-state index in [9.17, 15) is 4.79 Å². The first-order valence-corrected chi connectivity index (χ1v) is 9.30. The van der Waals surface area contributed by atoms with Gasteiger partial charge >= 0.3 is 0 Å². The average molecular weight is 375 g/mol. The number of ether oxygens (including phenoxy) is 1. The summed E-state index contributed by atoms with van der Waals surface area (Å²) < 4.78 is 5.61. The van der Waals surface area contributed by atoms with Crippen molar-refractivity contribution in [2.24, 2.45) is 0 Å². The average Bonchev–Trinajstić information content (AvgIpc) is 2.70. The Labute approximate surface area is 166 Å². The van der Waals surface area contributed by atoms with Crippen LogP contribution >= 0.6 is 0 Å². The van der Waals surface area contributed by atoms with Crippen molar-refractivity contribution in [2.45, 2.75) is 26.5 Å². The SMILES string of the molecule is CC(C)Oc1ccc(NC(=O)c2ccc(N(C)Cc3ccccc3)cn2)cc1. The molecule has 144 valence electrons. The van der Waals surface area contributed by atoms with Crippen LogP contribution in [0.25, 0.3) is 0 Å². The van der Waals surface area contributed by atoms with E-state index in [1.54, 1.807) is 12.3 Å². The van der Waals surface area contributed by atoms with Crippen molar-refractivity contribution in [1.29, 1.82) is 0 Å². The normalized spacial score (nSPS) is 10.6. The van der Waals surface area contributed by atoms with Crippen LogP contribution in [0.15, 0.2) is 72.9 Å². The van der Waals surface area contributed by atoms with Crippen LogP contribution in [-0.4, -0.2) is 24.0 Å². The number of benzene rings is 2. The summed E-state index contributed by atoms with van der Waals surface area (Å²) in [6.07, 6.45) is 1.83. The molecule has 0 aliphatic rings. The van der Waals surface area contributed by atoms with Crippen molar-refractivity contribution in [3.05, 3.63) is 84.2 Å². The Hall–Kier alpha value is -3.34. The predicted molar refractivity (Wildman–Crippen MR) is 113 cm³/mol. The molecule has 5 nitrogen and oxygen atoms in total. The standard InChI is InChI=1S/C23H25N3O2/c1-17(2)28-21-12-9-19(10-13-21)25-23(27)22-14-11-20(15-24-22)26(3)16-18-7-5-4-6-8-18/h4-15,17H,16H2,1-3H3,(H,25,27). The number of rotatable bonds is 7. The maximum Gasteiger partial charge on any atom is 0.274 e. The molecule has 1 heterocycles. The molecule has 0 aliphatic heterocycles. The number of anilines is 2. The summed E-state index contributed by atoms with van der Waals surface area (Å²) in [4.78, 5) is 18.8. The summed E-state index contributed by atoms with van der Waals surface area (Å²) in [5.74, 6) is 0.534. The summed E-state index contributed by atoms with van der Waals surface area (Å²) in [6.45, 7) is 4.73. The zero-order valence-electron chi connectivity index (χ0n) is 16.4. The van der Waals surface area contributed by atoms with Crippen molar-refractivity contribution < 1.29 is 9.53 Å². The van der Waals surface area contributed by atoms with Crippen LogP contribution in [0, 0.1) is 0 Å². The molecule has 0 unspecified atom stereocenters. The van der Waals surface area contributed by atoms with E-state index >= 15 is 0 Å². The van der Waals surface area contributed by atoms with Crippen LogP contribution < -0.4 is 15.0 Å². The molecule has 0 saturated carbocycles. The molecule has 2 aromatic carbocycles. The smallest absolute Gasteiger partial charge is 0.274 e. The Morgan fingerprint density at radius 3 is 2.36 bits per heavy atom. The second-order valence-corrected chi connectivity index (χ2v) is 6.89. The number of carbonyl (C=O) groups is 1. The molecule has 0 atom stereocenters. The first-order chi connectivity index (χ1) is 13.5. The van der Waals surface area contributed by atoms with Gasteiger partial charge in [-0.2, -0.15) is 0 Å². The lowest BCUT2D eigenvalue weighted by Gasteiger charge is -2.19. The van der Waals surface area contributed by atoms with Gasteiger partial charge in [0, 0.05) is 19.3 Å². The monoisotopic (exact) mass is 375 g/mol. The van der Waals surface area contributed by atoms with Crippen LogP contribution in [0.1, 0.15) is 29.9 Å². The minimum atomic E-state index is -0.241. The van der Waals surface area contributed by atoms with E-state index in [0.717, 1.165) is 18.0 Å². The second kappa shape index (κ2) is 9.04. The van der Waals surface area contributed by atoms with Crippen LogP contribution in [-0.2, 0) is 6.54 Å². The van der Waals surface area contributed by atoms with Gasteiger partial charge in [-0.1, -0.05) is 30.3 Å². The Morgan fingerprint density at radius 2 is 1.75 bits per heavy atom. The number of pyridine rings is 1. The molecule has 1 amide bonds. The number of aromatic nitrogens is 1. The topological polar surface area (TPSA) is 54.5 Å². The van der Waals surface area contributed by atoms with Gasteiger partial charge in [-0.05, 0) is 55.8 Å². The van der Waals surface area contributed by atoms with Gasteiger partial charge < -0.3 is 15.0 Å². The molecule has 0 saturated heterocycles. The molecule has 0 aliphatic carbocycles. The van der Waals surface area contributed by atoms with Crippen molar-refractivity contribution in [3.8, 4) is 5.75 Å². The van der Waals surface area contributed by atoms with E-state index in [1.807, 2.05) is 69.4 Å². The quantitative estimate of drug-likeness (QED) is 0.647. The van der Waals surface area contributed by atoms with E-state index in [-0.39, 0.29) is 12.0 Å². The van der Waals surface area contributed by atoms with E-state index in [1.165, 1.54) is 5.56 Å². The summed E-state index contributed by atoms with van der Waals surface area (Å²) in [5, 5.41) is 2.86. The molecule has 3 aromatic rings. The number of amides is 1. The lowest BCUT2D eigenvalue weighted by Crippen LogP contribution is -2.18. The van der Waals surface area contributed by atoms with E-state index in [4.69, 9.17) is 4.74 Å². The van der Waals surface area contributed by atoms with E-state index in [2.05, 4.69) is 27.3 Å². The molecule has 0 bridgehead atoms. The molecule has 0 fully saturated rings. The van der Waals surface area contributed by atoms with Gasteiger partial charge in [0.2, 0.25) is 0 Å². The Bertz CT molecular complexity index is 891. The predicted octanol–water partition coefficient (Wildman–Crippen LogP) is 4.76. The second-order valence-electron chi connectivity index (χ2n) is 6.89. The molecular weight excluding hydrogens is 350 g/mol. The van der Waals surface area contributed by atoms with Crippen molar-refractivity contribution in [1.82, 2.24) is 4.98 Å². The van der Waals surface area contributed by atoms with Gasteiger partial charge in [0.25, 0.3) is 5.91 Å². The molecule has 0 spiro atoms. The molecule has 1 N–H and O–H groups in total. The first kappa shape index (κ1) is 19.4. The van der Waals surface area contributed by atoms with Crippen LogP contribution in [0.4, 0.5) is 11.4 Å². The van der Waals surface area contributed by atoms with Gasteiger partial charge in [-0.25, -0.2) is 4.98 Å². The minimum absolute atomic E-state index is 0.114.